The lowest BCUT2D eigenvalue weighted by Crippen LogP contribution is -2.42. The quantitative estimate of drug-likeness (QED) is 0.0231. The Morgan fingerprint density at radius 2 is 0.671 bits per heavy atom. The molecule has 0 amide bonds. The SMILES string of the molecule is CC(C)(O)CNc1ccc(-c2nc(C(C)(C)c3ccc(-c4cnc(N)nc4)cc3)no2)cc1.CC(C)(c1ccc(-c2cnc(N)nc2)cc1)c1noc(-c2cn[nH]c2)n1.CC(C)C(C)(c1ccc(-c2cnc(N)nc2)cc1)c1noc(N2CCC(N(C)C)CC2)n1.CNC1CCN(c2nc(C(C)(c3ccc(-c4cnc(N)nc4)cc3)C(C)C)no2)CC1.Cn1cc(-c2nc(C(C)(C)c3ccc(-c4cnc(N)nc4)cc3)no2)cn1. The van der Waals surface area contributed by atoms with Gasteiger partial charge in [-0.2, -0.15) is 35.1 Å². The first-order valence-electron chi connectivity index (χ1n) is 49.3. The maximum absolute atomic E-state index is 9.86. The summed E-state index contributed by atoms with van der Waals surface area (Å²) < 4.78 is 29.5. The van der Waals surface area contributed by atoms with E-state index in [1.165, 1.54) is 0 Å². The van der Waals surface area contributed by atoms with Crippen molar-refractivity contribution in [1.82, 2.24) is 131 Å². The second-order valence-electron chi connectivity index (χ2n) is 40.6. The van der Waals surface area contributed by atoms with Crippen molar-refractivity contribution in [3.8, 4) is 90.0 Å². The van der Waals surface area contributed by atoms with E-state index in [-0.39, 0.29) is 52.4 Å². The maximum atomic E-state index is 9.86. The van der Waals surface area contributed by atoms with Crippen molar-refractivity contribution in [2.45, 2.75) is 167 Å². The Balaban J connectivity index is 0.000000133. The van der Waals surface area contributed by atoms with Crippen LogP contribution in [-0.2, 0) is 34.1 Å². The molecule has 14 heterocycles. The molecule has 2 unspecified atom stereocenters. The molecule has 0 bridgehead atoms. The molecule has 6 aromatic carbocycles. The molecule has 40 heteroatoms. The summed E-state index contributed by atoms with van der Waals surface area (Å²) in [6.07, 6.45) is 28.5. The van der Waals surface area contributed by atoms with Gasteiger partial charge in [-0.15, -0.1) is 0 Å². The molecule has 2 atom stereocenters. The number of nitrogens with two attached hydrogens (primary N) is 5. The van der Waals surface area contributed by atoms with Gasteiger partial charge in [0, 0.05) is 165 Å². The van der Waals surface area contributed by atoms with Crippen LogP contribution in [0.2, 0.25) is 0 Å². The zero-order valence-corrected chi connectivity index (χ0v) is 87.1. The lowest BCUT2D eigenvalue weighted by Gasteiger charge is -2.34. The molecule has 0 aliphatic carbocycles. The second-order valence-corrected chi connectivity index (χ2v) is 40.6. The summed E-state index contributed by atoms with van der Waals surface area (Å²) >= 11 is 0. The topological polar surface area (TPSA) is 554 Å². The van der Waals surface area contributed by atoms with Gasteiger partial charge in [0.1, 0.15) is 0 Å². The molecule has 0 spiro atoms. The number of benzene rings is 6. The number of nitrogen functional groups attached to an aromatic ring is 5. The van der Waals surface area contributed by atoms with Gasteiger partial charge in [0.2, 0.25) is 29.7 Å². The molecule has 14 N–H and O–H groups in total. The number of rotatable bonds is 27. The van der Waals surface area contributed by atoms with Gasteiger partial charge >= 0.3 is 12.0 Å². The van der Waals surface area contributed by atoms with Crippen LogP contribution < -0.4 is 49.1 Å². The highest BCUT2D eigenvalue weighted by Gasteiger charge is 2.42. The molecule has 2 fully saturated rings. The average molecular weight is 2010 g/mol. The molecule has 770 valence electrons. The lowest BCUT2D eigenvalue weighted by atomic mass is 9.72. The number of H-pyrrole nitrogens is 1. The number of hydrogen-bond acceptors (Lipinski definition) is 38. The molecule has 149 heavy (non-hydrogen) atoms. The zero-order valence-electron chi connectivity index (χ0n) is 87.1. The standard InChI is InChI=1S/C25H28N6O2.C24H33N7O.C23H31N7O.C19H19N7O.C18H17N7O/c1-24(2,32)15-29-20-11-7-17(8-12-20)21-30-22(31-33-21)25(3,4)19-9-5-16(6-10-19)18-13-27-23(26)28-14-18;1-16(2)24(3,19-8-6-17(7-9-19)18-14-26-22(25)27-15-18)21-28-23(32-29-21)31-12-10-20(11-13-31)30(4)5;1-15(2)23(3,18-7-5-16(6-8-18)17-13-26-21(24)27-14-17)20-28-22(31-29-20)30-11-9-19(25-4)10-12-30;1-19(2,17-24-16(27-25-17)14-10-23-26(3)11-14)15-6-4-12(5-7-15)13-8-21-18(20)22-9-13;1-18(2,16-24-15(26-25-16)13-9-22-23-10-13)14-5-3-11(4-6-14)12-7-20-17(19)21-8-12/h5-14,29,32H,15H2,1-4H3,(H2,26,27,28);6-9,14-16,20H,10-13H2,1-5H3,(H2,25,26,27);5-8,13-15,19,25H,9-12H2,1-4H3,(H2,24,26,27);4-11H,1-3H3,(H2,20,21,22);3-10H,1-2H3,(H,22,23)(H2,19,20,21). The minimum absolute atomic E-state index is 0.254. The van der Waals surface area contributed by atoms with Crippen molar-refractivity contribution in [3.05, 3.63) is 289 Å². The summed E-state index contributed by atoms with van der Waals surface area (Å²) in [5.41, 5.74) is 43.5. The van der Waals surface area contributed by atoms with Crippen molar-refractivity contribution in [1.29, 1.82) is 0 Å². The Labute approximate surface area is 864 Å². The number of nitrogens with zero attached hydrogens (tertiary/aromatic N) is 26. The summed E-state index contributed by atoms with van der Waals surface area (Å²) in [6.45, 7) is 33.2. The summed E-state index contributed by atoms with van der Waals surface area (Å²) in [5.74, 6) is 6.51. The average Bonchev–Trinajstić information content (AvgIpc) is 1.67. The molecule has 18 aromatic rings. The highest BCUT2D eigenvalue weighted by Crippen LogP contribution is 2.44. The highest BCUT2D eigenvalue weighted by molar-refractivity contribution is 5.68. The van der Waals surface area contributed by atoms with Gasteiger partial charge in [0.15, 0.2) is 29.1 Å². The Hall–Kier alpha value is -16.9. The van der Waals surface area contributed by atoms with Gasteiger partial charge in [-0.25, -0.2) is 49.8 Å². The number of hydrogen-bond donors (Lipinski definition) is 9. The molecule has 12 aromatic heterocycles. The van der Waals surface area contributed by atoms with E-state index >= 15 is 0 Å². The number of nitrogens with one attached hydrogen (secondary N) is 3. The van der Waals surface area contributed by atoms with E-state index in [1.54, 1.807) is 99.1 Å². The minimum atomic E-state index is -0.785. The van der Waals surface area contributed by atoms with Crippen LogP contribution in [0.4, 0.5) is 47.5 Å². The third-order valence-electron chi connectivity index (χ3n) is 28.0. The molecule has 2 aliphatic rings. The monoisotopic (exact) mass is 2010 g/mol. The lowest BCUT2D eigenvalue weighted by molar-refractivity contribution is 0.0945. The Bertz CT molecular complexity index is 7320. The molecule has 0 radical (unpaired) electrons. The third kappa shape index (κ3) is 24.6. The summed E-state index contributed by atoms with van der Waals surface area (Å²) in [4.78, 5) is 70.7. The smallest absolute Gasteiger partial charge is 0.324 e. The first-order valence-corrected chi connectivity index (χ1v) is 49.3. The second kappa shape index (κ2) is 45.0. The fourth-order valence-electron chi connectivity index (χ4n) is 17.3. The normalized spacial score (nSPS) is 14.1. The largest absolute Gasteiger partial charge is 0.389 e. The van der Waals surface area contributed by atoms with Crippen molar-refractivity contribution in [3.63, 3.8) is 0 Å². The van der Waals surface area contributed by atoms with Crippen LogP contribution in [-0.4, -0.2) is 202 Å². The summed E-state index contributed by atoms with van der Waals surface area (Å²) in [5, 5.41) is 48.6. The van der Waals surface area contributed by atoms with Crippen LogP contribution in [0.15, 0.2) is 255 Å². The molecular weight excluding hydrogens is 1880 g/mol. The van der Waals surface area contributed by atoms with Crippen LogP contribution in [0, 0.1) is 11.8 Å². The van der Waals surface area contributed by atoms with Gasteiger partial charge in [0.25, 0.3) is 17.7 Å². The van der Waals surface area contributed by atoms with E-state index in [4.69, 9.17) is 61.3 Å². The molecule has 2 aliphatic heterocycles. The first-order chi connectivity index (χ1) is 71.3. The van der Waals surface area contributed by atoms with E-state index < -0.39 is 21.8 Å². The fraction of sp³-hybridized carbons (Fsp3) is 0.339. The van der Waals surface area contributed by atoms with Gasteiger partial charge in [-0.3, -0.25) is 9.78 Å². The summed E-state index contributed by atoms with van der Waals surface area (Å²) in [7, 11) is 8.15. The Morgan fingerprint density at radius 1 is 0.369 bits per heavy atom. The van der Waals surface area contributed by atoms with E-state index in [2.05, 4.69) is 277 Å². The van der Waals surface area contributed by atoms with Gasteiger partial charge in [-0.05, 0) is 208 Å². The predicted molar refractivity (Wildman–Crippen MR) is 573 cm³/mol. The van der Waals surface area contributed by atoms with Gasteiger partial charge < -0.3 is 81.7 Å². The minimum Gasteiger partial charge on any atom is -0.389 e. The molecule has 20 rings (SSSR count). The number of aryl methyl sites for hydroxylation is 1. The first kappa shape index (κ1) is 105. The van der Waals surface area contributed by atoms with Gasteiger partial charge in [0.05, 0.1) is 56.2 Å². The number of anilines is 8. The van der Waals surface area contributed by atoms with Crippen LogP contribution in [0.25, 0.3) is 90.0 Å². The van der Waals surface area contributed by atoms with Crippen LogP contribution in [0.3, 0.4) is 0 Å². The Kier molecular flexibility index (Phi) is 31.7. The molecule has 40 nitrogen and oxygen atoms in total. The zero-order chi connectivity index (χ0) is 106. The maximum Gasteiger partial charge on any atom is 0.324 e. The molecule has 0 saturated carbocycles. The van der Waals surface area contributed by atoms with E-state index in [9.17, 15) is 5.11 Å². The number of aliphatic hydroxyl groups is 1. The van der Waals surface area contributed by atoms with Crippen molar-refractivity contribution in [2.24, 2.45) is 18.9 Å². The van der Waals surface area contributed by atoms with Crippen LogP contribution in [0.5, 0.6) is 0 Å². The Morgan fingerprint density at radius 3 is 0.960 bits per heavy atom. The fourth-order valence-corrected chi connectivity index (χ4v) is 17.3. The molecular formula is C109H128N34O6. The van der Waals surface area contributed by atoms with E-state index in [1.807, 2.05) is 117 Å². The molecule has 2 saturated heterocycles. The van der Waals surface area contributed by atoms with E-state index in [0.29, 0.717) is 65.8 Å². The third-order valence-corrected chi connectivity index (χ3v) is 28.0. The number of aromatic amines is 1. The van der Waals surface area contributed by atoms with Gasteiger partial charge in [-0.1, -0.05) is 175 Å². The van der Waals surface area contributed by atoms with Crippen LogP contribution in [0.1, 0.15) is 180 Å². The van der Waals surface area contributed by atoms with Crippen molar-refractivity contribution >= 4 is 47.5 Å². The van der Waals surface area contributed by atoms with Crippen molar-refractivity contribution < 1.29 is 27.7 Å². The summed E-state index contributed by atoms with van der Waals surface area (Å²) in [6, 6.07) is 51.3. The van der Waals surface area contributed by atoms with E-state index in [0.717, 1.165) is 169 Å². The van der Waals surface area contributed by atoms with Crippen molar-refractivity contribution in [2.75, 3.05) is 97.7 Å². The predicted octanol–water partition coefficient (Wildman–Crippen LogP) is 16.8. The number of piperidine rings is 2. The number of aromatic nitrogens is 24. The van der Waals surface area contributed by atoms with Crippen LogP contribution >= 0.6 is 0 Å². The highest BCUT2D eigenvalue weighted by atomic mass is 16.5.